The molecule has 1 atom stereocenters. The second-order valence-electron chi connectivity index (χ2n) is 9.11. The minimum absolute atomic E-state index is 0.734. The molecule has 0 bridgehead atoms. The van der Waals surface area contributed by atoms with Gasteiger partial charge in [0.2, 0.25) is 0 Å². The summed E-state index contributed by atoms with van der Waals surface area (Å²) in [5.41, 5.74) is 2.71. The molecule has 4 rings (SSSR count). The SMILES string of the molecule is CCNC(=NCc1ccc(CN2CCCCC2)cc1)NCC1CCN(C2CC2)C1. The Labute approximate surface area is 176 Å². The number of hydrogen-bond donors (Lipinski definition) is 2. The van der Waals surface area contributed by atoms with E-state index in [0.717, 1.165) is 44.1 Å². The summed E-state index contributed by atoms with van der Waals surface area (Å²) in [5.74, 6) is 1.71. The second kappa shape index (κ2) is 10.4. The summed E-state index contributed by atoms with van der Waals surface area (Å²) in [5, 5.41) is 6.99. The third-order valence-corrected chi connectivity index (χ3v) is 6.58. The van der Waals surface area contributed by atoms with Crippen molar-refractivity contribution in [1.82, 2.24) is 20.4 Å². The van der Waals surface area contributed by atoms with Crippen LogP contribution in [0.5, 0.6) is 0 Å². The third-order valence-electron chi connectivity index (χ3n) is 6.58. The highest BCUT2D eigenvalue weighted by molar-refractivity contribution is 5.79. The lowest BCUT2D eigenvalue weighted by molar-refractivity contribution is 0.221. The number of piperidine rings is 1. The Morgan fingerprint density at radius 3 is 2.45 bits per heavy atom. The molecule has 2 aliphatic heterocycles. The maximum atomic E-state index is 4.83. The molecule has 1 aliphatic carbocycles. The average molecular weight is 398 g/mol. The predicted octanol–water partition coefficient (Wildman–Crippen LogP) is 3.21. The average Bonchev–Trinajstić information content (AvgIpc) is 3.50. The molecule has 1 unspecified atom stereocenters. The van der Waals surface area contributed by atoms with E-state index in [1.165, 1.54) is 75.8 Å². The van der Waals surface area contributed by atoms with Crippen LogP contribution < -0.4 is 10.6 Å². The molecule has 1 aromatic carbocycles. The van der Waals surface area contributed by atoms with Gasteiger partial charge in [-0.15, -0.1) is 0 Å². The lowest BCUT2D eigenvalue weighted by atomic mass is 10.1. The van der Waals surface area contributed by atoms with Crippen LogP contribution in [0.2, 0.25) is 0 Å². The van der Waals surface area contributed by atoms with Crippen LogP contribution in [-0.4, -0.2) is 61.1 Å². The van der Waals surface area contributed by atoms with Gasteiger partial charge in [0, 0.05) is 32.2 Å². The molecule has 0 aromatic heterocycles. The molecule has 160 valence electrons. The van der Waals surface area contributed by atoms with Gasteiger partial charge in [0.05, 0.1) is 6.54 Å². The van der Waals surface area contributed by atoms with Gasteiger partial charge < -0.3 is 15.5 Å². The van der Waals surface area contributed by atoms with E-state index in [1.54, 1.807) is 0 Å². The van der Waals surface area contributed by atoms with Crippen LogP contribution in [-0.2, 0) is 13.1 Å². The molecule has 2 saturated heterocycles. The Morgan fingerprint density at radius 2 is 1.72 bits per heavy atom. The van der Waals surface area contributed by atoms with Gasteiger partial charge in [0.15, 0.2) is 5.96 Å². The Morgan fingerprint density at radius 1 is 0.966 bits per heavy atom. The van der Waals surface area contributed by atoms with Crippen LogP contribution in [0, 0.1) is 5.92 Å². The predicted molar refractivity (Wildman–Crippen MR) is 121 cm³/mol. The summed E-state index contributed by atoms with van der Waals surface area (Å²) >= 11 is 0. The number of hydrogen-bond acceptors (Lipinski definition) is 3. The second-order valence-corrected chi connectivity index (χ2v) is 9.11. The van der Waals surface area contributed by atoms with E-state index < -0.39 is 0 Å². The number of rotatable bonds is 8. The number of likely N-dealkylation sites (tertiary alicyclic amines) is 2. The molecule has 5 nitrogen and oxygen atoms in total. The smallest absolute Gasteiger partial charge is 0.191 e. The van der Waals surface area contributed by atoms with Crippen molar-refractivity contribution in [2.75, 3.05) is 39.3 Å². The zero-order valence-electron chi connectivity index (χ0n) is 18.2. The maximum Gasteiger partial charge on any atom is 0.191 e. The van der Waals surface area contributed by atoms with Crippen LogP contribution >= 0.6 is 0 Å². The number of nitrogens with zero attached hydrogens (tertiary/aromatic N) is 3. The van der Waals surface area contributed by atoms with Crippen molar-refractivity contribution in [2.45, 2.75) is 64.6 Å². The standard InChI is InChI=1S/C24H39N5/c1-2-25-24(27-17-22-12-15-29(19-22)23-10-11-23)26-16-20-6-8-21(9-7-20)18-28-13-4-3-5-14-28/h6-9,22-23H,2-5,10-19H2,1H3,(H2,25,26,27). The van der Waals surface area contributed by atoms with Crippen LogP contribution in [0.3, 0.4) is 0 Å². The summed E-state index contributed by atoms with van der Waals surface area (Å²) in [6, 6.07) is 9.96. The number of aliphatic imine (C=N–C) groups is 1. The molecular formula is C24H39N5. The molecule has 3 aliphatic rings. The summed E-state index contributed by atoms with van der Waals surface area (Å²) < 4.78 is 0. The fourth-order valence-electron chi connectivity index (χ4n) is 4.68. The lowest BCUT2D eigenvalue weighted by Gasteiger charge is -2.26. The Bertz CT molecular complexity index is 646. The Kier molecular flexibility index (Phi) is 7.44. The van der Waals surface area contributed by atoms with Gasteiger partial charge in [-0.05, 0) is 75.7 Å². The van der Waals surface area contributed by atoms with Gasteiger partial charge in [-0.3, -0.25) is 4.90 Å². The highest BCUT2D eigenvalue weighted by atomic mass is 15.2. The first kappa shape index (κ1) is 20.7. The molecule has 2 N–H and O–H groups in total. The molecule has 1 saturated carbocycles. The first-order valence-corrected chi connectivity index (χ1v) is 11.9. The van der Waals surface area contributed by atoms with Crippen molar-refractivity contribution in [3.8, 4) is 0 Å². The molecule has 0 radical (unpaired) electrons. The fraction of sp³-hybridized carbons (Fsp3) is 0.708. The van der Waals surface area contributed by atoms with Crippen LogP contribution in [0.25, 0.3) is 0 Å². The first-order valence-electron chi connectivity index (χ1n) is 11.9. The normalized spacial score (nSPS) is 24.0. The highest BCUT2D eigenvalue weighted by Crippen LogP contribution is 2.31. The van der Waals surface area contributed by atoms with Crippen molar-refractivity contribution in [2.24, 2.45) is 10.9 Å². The van der Waals surface area contributed by atoms with E-state index in [2.05, 4.69) is 51.6 Å². The van der Waals surface area contributed by atoms with Crippen LogP contribution in [0.1, 0.15) is 56.6 Å². The minimum Gasteiger partial charge on any atom is -0.357 e. The highest BCUT2D eigenvalue weighted by Gasteiger charge is 2.34. The molecule has 1 aromatic rings. The van der Waals surface area contributed by atoms with E-state index in [-0.39, 0.29) is 0 Å². The van der Waals surface area contributed by atoms with Gasteiger partial charge in [-0.25, -0.2) is 4.99 Å². The molecule has 0 amide bonds. The molecular weight excluding hydrogens is 358 g/mol. The lowest BCUT2D eigenvalue weighted by Crippen LogP contribution is -2.40. The Hall–Kier alpha value is -1.59. The minimum atomic E-state index is 0.734. The van der Waals surface area contributed by atoms with Crippen molar-refractivity contribution in [3.05, 3.63) is 35.4 Å². The monoisotopic (exact) mass is 397 g/mol. The number of nitrogens with one attached hydrogen (secondary N) is 2. The zero-order chi connectivity index (χ0) is 19.9. The van der Waals surface area contributed by atoms with Gasteiger partial charge in [-0.2, -0.15) is 0 Å². The molecule has 0 spiro atoms. The van der Waals surface area contributed by atoms with Crippen molar-refractivity contribution in [3.63, 3.8) is 0 Å². The van der Waals surface area contributed by atoms with E-state index in [0.29, 0.717) is 0 Å². The molecule has 3 fully saturated rings. The van der Waals surface area contributed by atoms with E-state index in [4.69, 9.17) is 4.99 Å². The molecule has 2 heterocycles. The van der Waals surface area contributed by atoms with Crippen LogP contribution in [0.15, 0.2) is 29.3 Å². The quantitative estimate of drug-likeness (QED) is 0.522. The molecule has 29 heavy (non-hydrogen) atoms. The summed E-state index contributed by atoms with van der Waals surface area (Å²) in [6.45, 7) is 10.9. The summed E-state index contributed by atoms with van der Waals surface area (Å²) in [6.07, 6.45) is 8.26. The number of guanidine groups is 1. The van der Waals surface area contributed by atoms with Gasteiger partial charge in [0.25, 0.3) is 0 Å². The van der Waals surface area contributed by atoms with Gasteiger partial charge >= 0.3 is 0 Å². The summed E-state index contributed by atoms with van der Waals surface area (Å²) in [7, 11) is 0. The van der Waals surface area contributed by atoms with E-state index in [1.807, 2.05) is 0 Å². The van der Waals surface area contributed by atoms with Crippen molar-refractivity contribution in [1.29, 1.82) is 0 Å². The topological polar surface area (TPSA) is 42.9 Å². The van der Waals surface area contributed by atoms with Crippen molar-refractivity contribution < 1.29 is 0 Å². The largest absolute Gasteiger partial charge is 0.357 e. The van der Waals surface area contributed by atoms with E-state index >= 15 is 0 Å². The first-order chi connectivity index (χ1) is 14.3. The molecule has 5 heteroatoms. The Balaban J connectivity index is 1.23. The zero-order valence-corrected chi connectivity index (χ0v) is 18.2. The number of benzene rings is 1. The fourth-order valence-corrected chi connectivity index (χ4v) is 4.68. The van der Waals surface area contributed by atoms with E-state index in [9.17, 15) is 0 Å². The van der Waals surface area contributed by atoms with Crippen molar-refractivity contribution >= 4 is 5.96 Å². The van der Waals surface area contributed by atoms with Gasteiger partial charge in [0.1, 0.15) is 0 Å². The third kappa shape index (κ3) is 6.45. The van der Waals surface area contributed by atoms with Gasteiger partial charge in [-0.1, -0.05) is 30.7 Å². The maximum absolute atomic E-state index is 4.83. The summed E-state index contributed by atoms with van der Waals surface area (Å²) in [4.78, 5) is 10.1. The van der Waals surface area contributed by atoms with Crippen LogP contribution in [0.4, 0.5) is 0 Å².